The fourth-order valence-corrected chi connectivity index (χ4v) is 0.892. The molecule has 0 rings (SSSR count). The van der Waals surface area contributed by atoms with E-state index < -0.39 is 36.1 Å². The van der Waals surface area contributed by atoms with E-state index in [1.54, 1.807) is 27.7 Å². The molecule has 0 amide bonds. The number of carboxylic acid groups (broad SMARTS) is 4. The quantitative estimate of drug-likeness (QED) is 0.193. The van der Waals surface area contributed by atoms with Crippen LogP contribution in [0, 0.1) is 0 Å². The average molecular weight is 455 g/mol. The van der Waals surface area contributed by atoms with Crippen molar-refractivity contribution in [1.82, 2.24) is 0 Å². The van der Waals surface area contributed by atoms with Crippen LogP contribution >= 0.6 is 0 Å². The Bertz CT molecular complexity index is 473. The molecule has 0 bridgehead atoms. The Kier molecular flexibility index (Phi) is 30.5. The van der Waals surface area contributed by atoms with Gasteiger partial charge in [-0.2, -0.15) is 0 Å². The molecule has 11 nitrogen and oxygen atoms in total. The Morgan fingerprint density at radius 2 is 1.03 bits per heavy atom. The van der Waals surface area contributed by atoms with Crippen LogP contribution in [-0.2, 0) is 55.2 Å². The number of ketones is 1. The van der Waals surface area contributed by atoms with Crippen molar-refractivity contribution < 1.29 is 75.6 Å². The number of carboxylic acids is 4. The Labute approximate surface area is 184 Å². The van der Waals surface area contributed by atoms with Crippen molar-refractivity contribution in [3.63, 3.8) is 0 Å². The first-order chi connectivity index (χ1) is 12.5. The van der Waals surface area contributed by atoms with Gasteiger partial charge in [0.25, 0.3) is 5.95 Å². The second-order valence-corrected chi connectivity index (χ2v) is 5.31. The summed E-state index contributed by atoms with van der Waals surface area (Å²) in [4.78, 5) is 48.2. The molecule has 165 valence electrons. The minimum atomic E-state index is -1.17. The van der Waals surface area contributed by atoms with E-state index in [0.717, 1.165) is 26.8 Å². The third kappa shape index (κ3) is 77.1. The Morgan fingerprint density at radius 1 is 0.793 bits per heavy atom. The van der Waals surface area contributed by atoms with Gasteiger partial charge in [-0.3, -0.25) is 9.59 Å². The molecule has 0 fully saturated rings. The van der Waals surface area contributed by atoms with Crippen molar-refractivity contribution in [2.45, 2.75) is 67.1 Å². The molecule has 0 saturated carbocycles. The Hall–Kier alpha value is -2.40. The number of rotatable bonds is 7. The molecule has 0 aromatic heterocycles. The van der Waals surface area contributed by atoms with Crippen molar-refractivity contribution in [2.24, 2.45) is 0 Å². The predicted octanol–water partition coefficient (Wildman–Crippen LogP) is -2.01. The number of carbonyl (C=O) groups is 5. The maximum atomic E-state index is 11.2. The van der Waals surface area contributed by atoms with E-state index in [4.69, 9.17) is 44.3 Å². The maximum Gasteiger partial charge on any atom is 3.00 e. The number of ether oxygens (including phenoxy) is 2. The number of carbonyl (C=O) groups excluding carboxylic acids is 4. The van der Waals surface area contributed by atoms with Gasteiger partial charge in [-0.25, -0.2) is 0 Å². The number of hydrogen-bond acceptors (Lipinski definition) is 10. The predicted molar refractivity (Wildman–Crippen MR) is 89.8 cm³/mol. The summed E-state index contributed by atoms with van der Waals surface area (Å²) in [6.07, 6.45) is 0.242. The summed E-state index contributed by atoms with van der Waals surface area (Å²) in [5.41, 5.74) is 0. The summed E-state index contributed by atoms with van der Waals surface area (Å²) in [6.45, 7) is 10.1. The molecule has 12 heteroatoms. The molecule has 0 aliphatic heterocycles. The monoisotopic (exact) mass is 455 g/mol. The second-order valence-electron chi connectivity index (χ2n) is 5.31. The molecule has 0 saturated heterocycles. The van der Waals surface area contributed by atoms with Crippen LogP contribution < -0.4 is 15.3 Å². The second kappa shape index (κ2) is 23.6. The number of hydrogen-bond donors (Lipinski definition) is 1. The summed E-state index contributed by atoms with van der Waals surface area (Å²) in [7, 11) is 0. The molecule has 0 aromatic carbocycles. The van der Waals surface area contributed by atoms with E-state index in [1.165, 1.54) is 0 Å². The van der Waals surface area contributed by atoms with Crippen LogP contribution in [0.25, 0.3) is 0 Å². The molecule has 1 N–H and O–H groups in total. The Balaban J connectivity index is -0.000000121. The normalized spacial score (nSPS) is 8.17. The van der Waals surface area contributed by atoms with Gasteiger partial charge in [-0.1, -0.05) is 0 Å². The molecule has 0 aliphatic carbocycles. The molecule has 0 aliphatic rings. The van der Waals surface area contributed by atoms with Gasteiger partial charge in [0, 0.05) is 17.9 Å². The van der Waals surface area contributed by atoms with Gasteiger partial charge in [-0.15, -0.1) is 0 Å². The zero-order valence-corrected chi connectivity index (χ0v) is 19.0. The largest absolute Gasteiger partial charge is 3.00 e. The van der Waals surface area contributed by atoms with Gasteiger partial charge < -0.3 is 44.3 Å². The van der Waals surface area contributed by atoms with Gasteiger partial charge in [0.1, 0.15) is 6.42 Å². The van der Waals surface area contributed by atoms with Crippen LogP contribution in [-0.4, -0.2) is 47.0 Å². The molecular weight excluding hydrogens is 428 g/mol. The molecule has 0 atom stereocenters. The average Bonchev–Trinajstić information content (AvgIpc) is 2.32. The van der Waals surface area contributed by atoms with Gasteiger partial charge in [0.2, 0.25) is 0 Å². The molecular formula is C17H27O11Ti. The zero-order chi connectivity index (χ0) is 23.4. The minimum absolute atomic E-state index is 0. The van der Waals surface area contributed by atoms with E-state index in [9.17, 15) is 9.59 Å². The topological polar surface area (TPSA) is 193 Å². The van der Waals surface area contributed by atoms with Gasteiger partial charge >= 0.3 is 27.7 Å². The molecule has 29 heavy (non-hydrogen) atoms. The summed E-state index contributed by atoms with van der Waals surface area (Å²) in [6, 6.07) is 0. The molecule has 1 radical (unpaired) electrons. The van der Waals surface area contributed by atoms with Crippen LogP contribution in [0.4, 0.5) is 0 Å². The minimum Gasteiger partial charge on any atom is -0.550 e. The first kappa shape index (κ1) is 37.4. The third-order valence-corrected chi connectivity index (χ3v) is 1.31. The van der Waals surface area contributed by atoms with E-state index in [1.807, 2.05) is 0 Å². The molecule has 0 heterocycles. The summed E-state index contributed by atoms with van der Waals surface area (Å²) in [5, 5.41) is 35.1. The number of allylic oxidation sites excluding steroid dienone is 1. The van der Waals surface area contributed by atoms with Gasteiger partial charge in [-0.05, 0) is 48.5 Å². The zero-order valence-electron chi connectivity index (χ0n) is 17.5. The van der Waals surface area contributed by atoms with Gasteiger partial charge in [0.05, 0.1) is 18.3 Å². The van der Waals surface area contributed by atoms with Crippen molar-refractivity contribution in [3.05, 3.63) is 12.0 Å². The van der Waals surface area contributed by atoms with Crippen molar-refractivity contribution in [3.8, 4) is 0 Å². The van der Waals surface area contributed by atoms with E-state index >= 15 is 0 Å². The van der Waals surface area contributed by atoms with E-state index in [2.05, 4.69) is 0 Å². The van der Waals surface area contributed by atoms with Crippen LogP contribution in [0.1, 0.15) is 54.9 Å². The molecule has 0 unspecified atom stereocenters. The SMILES string of the molecule is CC(=O)[O-].CC(=O)[O-].CC(=O)[O-].CC(C)OC(=CC(=O)CC(=O)O)OC(C)C.[Ti+3]. The van der Waals surface area contributed by atoms with Gasteiger partial charge in [0.15, 0.2) is 5.78 Å². The summed E-state index contributed by atoms with van der Waals surface area (Å²) >= 11 is 0. The molecule has 0 aromatic rings. The molecule has 0 spiro atoms. The maximum absolute atomic E-state index is 11.2. The smallest absolute Gasteiger partial charge is 0.550 e. The fraction of sp³-hybridized carbons (Fsp3) is 0.588. The van der Waals surface area contributed by atoms with Crippen LogP contribution in [0.2, 0.25) is 0 Å². The van der Waals surface area contributed by atoms with E-state index in [0.29, 0.717) is 0 Å². The van der Waals surface area contributed by atoms with E-state index in [-0.39, 0.29) is 39.9 Å². The van der Waals surface area contributed by atoms with Crippen molar-refractivity contribution >= 4 is 29.7 Å². The van der Waals surface area contributed by atoms with Crippen LogP contribution in [0.3, 0.4) is 0 Å². The first-order valence-electron chi connectivity index (χ1n) is 7.83. The van der Waals surface area contributed by atoms with Crippen LogP contribution in [0.15, 0.2) is 12.0 Å². The number of aliphatic carboxylic acids is 4. The van der Waals surface area contributed by atoms with Crippen molar-refractivity contribution in [2.75, 3.05) is 0 Å². The Morgan fingerprint density at radius 3 is 1.21 bits per heavy atom. The van der Waals surface area contributed by atoms with Crippen LogP contribution in [0.5, 0.6) is 0 Å². The third-order valence-electron chi connectivity index (χ3n) is 1.31. The van der Waals surface area contributed by atoms with Crippen molar-refractivity contribution in [1.29, 1.82) is 0 Å². The summed E-state index contributed by atoms with van der Waals surface area (Å²) < 4.78 is 10.5. The standard InChI is InChI=1S/C11H18O5.3C2H4O2.Ti/c1-7(2)15-11(16-8(3)4)6-9(12)5-10(13)14;3*1-2(3)4;/h6-8H,5H2,1-4H3,(H,13,14);3*1H3,(H,3,4);/q;;;;+3/p-3. The summed E-state index contributed by atoms with van der Waals surface area (Å²) in [5.74, 6) is -4.91. The fourth-order valence-electron chi connectivity index (χ4n) is 0.892. The first-order valence-corrected chi connectivity index (χ1v) is 7.83.